The summed E-state index contributed by atoms with van der Waals surface area (Å²) >= 11 is 0. The highest BCUT2D eigenvalue weighted by Gasteiger charge is 2.41. The molecule has 1 aliphatic carbocycles. The number of hydrogen-bond donors (Lipinski definition) is 1. The van der Waals surface area contributed by atoms with Crippen LogP contribution in [0.4, 0.5) is 19.0 Å². The van der Waals surface area contributed by atoms with Gasteiger partial charge in [0.1, 0.15) is 6.04 Å². The van der Waals surface area contributed by atoms with Gasteiger partial charge in [-0.3, -0.25) is 14.2 Å². The fourth-order valence-corrected chi connectivity index (χ4v) is 3.52. The molecule has 2 aromatic heterocycles. The van der Waals surface area contributed by atoms with E-state index in [4.69, 9.17) is 0 Å². The number of fused-ring (bicyclic) bond motifs is 1. The fourth-order valence-electron chi connectivity index (χ4n) is 3.52. The average molecular weight is 369 g/mol. The SMILES string of the molecule is CC[C@@H](C(=O)Nc1cc(C)n(CC)n1)n1nc(C(F)(F)F)c2c1CCC2. The van der Waals surface area contributed by atoms with Crippen molar-refractivity contribution in [2.75, 3.05) is 5.32 Å². The van der Waals surface area contributed by atoms with E-state index in [1.54, 1.807) is 17.7 Å². The maximum Gasteiger partial charge on any atom is 0.435 e. The Morgan fingerprint density at radius 1 is 1.31 bits per heavy atom. The van der Waals surface area contributed by atoms with Gasteiger partial charge in [-0.25, -0.2) is 0 Å². The maximum atomic E-state index is 13.3. The fraction of sp³-hybridized carbons (Fsp3) is 0.588. The van der Waals surface area contributed by atoms with E-state index in [1.807, 2.05) is 13.8 Å². The second-order valence-corrected chi connectivity index (χ2v) is 6.47. The van der Waals surface area contributed by atoms with Gasteiger partial charge >= 0.3 is 6.18 Å². The van der Waals surface area contributed by atoms with Crippen LogP contribution in [-0.4, -0.2) is 25.5 Å². The van der Waals surface area contributed by atoms with Gasteiger partial charge in [0, 0.05) is 29.6 Å². The summed E-state index contributed by atoms with van der Waals surface area (Å²) in [5.41, 5.74) is 0.794. The highest BCUT2D eigenvalue weighted by atomic mass is 19.4. The van der Waals surface area contributed by atoms with Crippen molar-refractivity contribution in [3.05, 3.63) is 28.7 Å². The molecule has 0 saturated carbocycles. The van der Waals surface area contributed by atoms with Gasteiger partial charge in [0.15, 0.2) is 11.5 Å². The van der Waals surface area contributed by atoms with Crippen molar-refractivity contribution in [2.24, 2.45) is 0 Å². The number of hydrogen-bond acceptors (Lipinski definition) is 3. The van der Waals surface area contributed by atoms with E-state index in [9.17, 15) is 18.0 Å². The first kappa shape index (κ1) is 18.5. The third-order valence-corrected chi connectivity index (χ3v) is 4.74. The molecule has 1 N–H and O–H groups in total. The van der Waals surface area contributed by atoms with Crippen molar-refractivity contribution in [1.29, 1.82) is 0 Å². The maximum absolute atomic E-state index is 13.3. The van der Waals surface area contributed by atoms with Crippen LogP contribution in [0.2, 0.25) is 0 Å². The lowest BCUT2D eigenvalue weighted by molar-refractivity contribution is -0.142. The lowest BCUT2D eigenvalue weighted by Crippen LogP contribution is -2.28. The van der Waals surface area contributed by atoms with Crippen molar-refractivity contribution in [3.63, 3.8) is 0 Å². The zero-order chi connectivity index (χ0) is 19.1. The second kappa shape index (κ2) is 6.77. The normalized spacial score (nSPS) is 15.2. The Balaban J connectivity index is 1.90. The quantitative estimate of drug-likeness (QED) is 0.877. The smallest absolute Gasteiger partial charge is 0.307 e. The molecule has 1 amide bonds. The Bertz CT molecular complexity index is 821. The van der Waals surface area contributed by atoms with Crippen LogP contribution in [0.5, 0.6) is 0 Å². The molecule has 0 aliphatic heterocycles. The first-order chi connectivity index (χ1) is 12.3. The Labute approximate surface area is 149 Å². The Kier molecular flexibility index (Phi) is 4.81. The van der Waals surface area contributed by atoms with Crippen LogP contribution in [0.25, 0.3) is 0 Å². The van der Waals surface area contributed by atoms with Gasteiger partial charge in [-0.15, -0.1) is 0 Å². The van der Waals surface area contributed by atoms with Crippen LogP contribution in [0.1, 0.15) is 55.4 Å². The molecule has 142 valence electrons. The topological polar surface area (TPSA) is 64.7 Å². The predicted molar refractivity (Wildman–Crippen MR) is 89.8 cm³/mol. The number of carbonyl (C=O) groups is 1. The monoisotopic (exact) mass is 369 g/mol. The molecular weight excluding hydrogens is 347 g/mol. The first-order valence-corrected chi connectivity index (χ1v) is 8.79. The molecule has 1 atom stereocenters. The first-order valence-electron chi connectivity index (χ1n) is 8.79. The van der Waals surface area contributed by atoms with Crippen molar-refractivity contribution < 1.29 is 18.0 Å². The van der Waals surface area contributed by atoms with Gasteiger partial charge in [0.25, 0.3) is 0 Å². The number of amides is 1. The highest BCUT2D eigenvalue weighted by Crippen LogP contribution is 2.38. The minimum Gasteiger partial charge on any atom is -0.307 e. The average Bonchev–Trinajstić information content (AvgIpc) is 3.23. The molecule has 0 aromatic carbocycles. The summed E-state index contributed by atoms with van der Waals surface area (Å²) in [5.74, 6) is -0.00757. The van der Waals surface area contributed by atoms with E-state index in [0.717, 1.165) is 5.69 Å². The number of rotatable bonds is 5. The Hall–Kier alpha value is -2.32. The predicted octanol–water partition coefficient (Wildman–Crippen LogP) is 3.51. The largest absolute Gasteiger partial charge is 0.435 e. The van der Waals surface area contributed by atoms with E-state index in [0.29, 0.717) is 43.7 Å². The van der Waals surface area contributed by atoms with E-state index >= 15 is 0 Å². The van der Waals surface area contributed by atoms with Crippen LogP contribution in [0, 0.1) is 6.92 Å². The van der Waals surface area contributed by atoms with E-state index in [-0.39, 0.29) is 5.56 Å². The summed E-state index contributed by atoms with van der Waals surface area (Å²) in [4.78, 5) is 12.7. The van der Waals surface area contributed by atoms with Gasteiger partial charge < -0.3 is 5.32 Å². The third kappa shape index (κ3) is 3.22. The lowest BCUT2D eigenvalue weighted by atomic mass is 10.1. The van der Waals surface area contributed by atoms with Crippen LogP contribution in [0.3, 0.4) is 0 Å². The van der Waals surface area contributed by atoms with E-state index < -0.39 is 23.8 Å². The summed E-state index contributed by atoms with van der Waals surface area (Å²) in [5, 5.41) is 10.8. The molecule has 0 saturated heterocycles. The molecular formula is C17H22F3N5O. The van der Waals surface area contributed by atoms with Crippen LogP contribution in [0.15, 0.2) is 6.07 Å². The van der Waals surface area contributed by atoms with Gasteiger partial charge in [-0.1, -0.05) is 6.92 Å². The molecule has 3 rings (SSSR count). The number of alkyl halides is 3. The summed E-state index contributed by atoms with van der Waals surface area (Å²) in [6, 6.07) is 0.938. The Morgan fingerprint density at radius 3 is 2.62 bits per heavy atom. The number of anilines is 1. The molecule has 9 heteroatoms. The number of halogens is 3. The zero-order valence-corrected chi connectivity index (χ0v) is 15.0. The molecule has 2 aromatic rings. The number of carbonyl (C=O) groups excluding carboxylic acids is 1. The summed E-state index contributed by atoms with van der Waals surface area (Å²) in [7, 11) is 0. The van der Waals surface area contributed by atoms with E-state index in [1.165, 1.54) is 4.68 Å². The third-order valence-electron chi connectivity index (χ3n) is 4.74. The molecule has 0 spiro atoms. The van der Waals surface area contributed by atoms with Gasteiger partial charge in [0.05, 0.1) is 0 Å². The molecule has 0 unspecified atom stereocenters. The number of nitrogens with one attached hydrogen (secondary N) is 1. The highest BCUT2D eigenvalue weighted by molar-refractivity contribution is 5.92. The van der Waals surface area contributed by atoms with Crippen molar-refractivity contribution in [3.8, 4) is 0 Å². The molecule has 1 aliphatic rings. The summed E-state index contributed by atoms with van der Waals surface area (Å²) in [6.07, 6.45) is -2.67. The molecule has 26 heavy (non-hydrogen) atoms. The molecule has 0 radical (unpaired) electrons. The molecule has 0 fully saturated rings. The van der Waals surface area contributed by atoms with Crippen molar-refractivity contribution >= 4 is 11.7 Å². The van der Waals surface area contributed by atoms with E-state index in [2.05, 4.69) is 15.5 Å². The second-order valence-electron chi connectivity index (χ2n) is 6.47. The number of aryl methyl sites for hydroxylation is 2. The minimum absolute atomic E-state index is 0.231. The molecule has 6 nitrogen and oxygen atoms in total. The van der Waals surface area contributed by atoms with Gasteiger partial charge in [-0.05, 0) is 39.5 Å². The van der Waals surface area contributed by atoms with Crippen molar-refractivity contribution in [2.45, 2.75) is 65.2 Å². The number of nitrogens with zero attached hydrogens (tertiary/aromatic N) is 4. The van der Waals surface area contributed by atoms with Crippen molar-refractivity contribution in [1.82, 2.24) is 19.6 Å². The van der Waals surface area contributed by atoms with Gasteiger partial charge in [-0.2, -0.15) is 23.4 Å². The van der Waals surface area contributed by atoms with Gasteiger partial charge in [0.2, 0.25) is 5.91 Å². The number of aromatic nitrogens is 4. The minimum atomic E-state index is -4.51. The summed E-state index contributed by atoms with van der Waals surface area (Å²) in [6.45, 7) is 6.24. The van der Waals surface area contributed by atoms with Crippen LogP contribution in [-0.2, 0) is 30.4 Å². The molecule has 2 heterocycles. The van der Waals surface area contributed by atoms with Crippen LogP contribution >= 0.6 is 0 Å². The standard InChI is InChI=1S/C17H22F3N5O/c1-4-12(16(26)21-14-9-10(3)24(5-2)22-14)25-13-8-6-7-11(13)15(23-25)17(18,19)20/h9,12H,4-8H2,1-3H3,(H,21,22,26)/t12-/m0/s1. The molecule has 0 bridgehead atoms. The summed E-state index contributed by atoms with van der Waals surface area (Å²) < 4.78 is 42.8. The Morgan fingerprint density at radius 2 is 2.04 bits per heavy atom. The van der Waals surface area contributed by atoms with Crippen LogP contribution < -0.4 is 5.32 Å². The lowest BCUT2D eigenvalue weighted by Gasteiger charge is -2.17. The zero-order valence-electron chi connectivity index (χ0n) is 15.0.